The van der Waals surface area contributed by atoms with E-state index in [0.29, 0.717) is 33.1 Å². The molecule has 0 aliphatic rings. The summed E-state index contributed by atoms with van der Waals surface area (Å²) in [6, 6.07) is 6.77. The average Bonchev–Trinajstić information content (AvgIpc) is 2.79. The molecule has 0 radical (unpaired) electrons. The van der Waals surface area contributed by atoms with E-state index in [1.54, 1.807) is 38.2 Å². The Morgan fingerprint density at radius 2 is 2.11 bits per heavy atom. The Bertz CT molecular complexity index is 605. The monoisotopic (exact) mass is 260 g/mol. The Morgan fingerprint density at radius 3 is 2.72 bits per heavy atom. The minimum atomic E-state index is -0.158. The second-order valence-corrected chi connectivity index (χ2v) is 4.72. The van der Waals surface area contributed by atoms with Crippen LogP contribution in [0.5, 0.6) is 0 Å². The number of rotatable bonds is 4. The molecule has 2 aromatic rings. The van der Waals surface area contributed by atoms with Gasteiger partial charge < -0.3 is 5.32 Å². The number of aromatic nitrogens is 1. The standard InChI is InChI=1S/C13H12N2O2S/c1-8-12(18-13(14-2)15-8)11(17)10-6-4-3-5-9(10)7-16/h3-7H,1-2H3,(H,14,15). The van der Waals surface area contributed by atoms with Gasteiger partial charge in [0.25, 0.3) is 0 Å². The summed E-state index contributed by atoms with van der Waals surface area (Å²) in [5.74, 6) is -0.158. The maximum Gasteiger partial charge on any atom is 0.205 e. The van der Waals surface area contributed by atoms with E-state index in [2.05, 4.69) is 10.3 Å². The van der Waals surface area contributed by atoms with Gasteiger partial charge in [-0.3, -0.25) is 9.59 Å². The molecule has 4 nitrogen and oxygen atoms in total. The number of carbonyl (C=O) groups is 2. The van der Waals surface area contributed by atoms with E-state index < -0.39 is 0 Å². The molecule has 0 aliphatic carbocycles. The Morgan fingerprint density at radius 1 is 1.39 bits per heavy atom. The molecule has 5 heteroatoms. The molecule has 0 atom stereocenters. The summed E-state index contributed by atoms with van der Waals surface area (Å²) in [7, 11) is 1.76. The summed E-state index contributed by atoms with van der Waals surface area (Å²) in [6.07, 6.45) is 0.697. The van der Waals surface area contributed by atoms with Crippen LogP contribution in [0.4, 0.5) is 5.13 Å². The van der Waals surface area contributed by atoms with Gasteiger partial charge in [0.1, 0.15) is 0 Å². The van der Waals surface area contributed by atoms with Gasteiger partial charge in [-0.1, -0.05) is 35.6 Å². The molecule has 18 heavy (non-hydrogen) atoms. The van der Waals surface area contributed by atoms with Gasteiger partial charge in [-0.05, 0) is 6.92 Å². The van der Waals surface area contributed by atoms with E-state index in [1.165, 1.54) is 11.3 Å². The molecule has 0 aliphatic heterocycles. The van der Waals surface area contributed by atoms with E-state index in [0.717, 1.165) is 0 Å². The van der Waals surface area contributed by atoms with E-state index >= 15 is 0 Å². The zero-order valence-corrected chi connectivity index (χ0v) is 10.9. The molecular weight excluding hydrogens is 248 g/mol. The van der Waals surface area contributed by atoms with Crippen LogP contribution in [0.25, 0.3) is 0 Å². The molecule has 0 bridgehead atoms. The maximum atomic E-state index is 12.4. The number of benzene rings is 1. The smallest absolute Gasteiger partial charge is 0.205 e. The van der Waals surface area contributed by atoms with Crippen LogP contribution in [-0.2, 0) is 0 Å². The normalized spacial score (nSPS) is 10.1. The van der Waals surface area contributed by atoms with Gasteiger partial charge in [-0.15, -0.1) is 0 Å². The van der Waals surface area contributed by atoms with Crippen molar-refractivity contribution < 1.29 is 9.59 Å². The van der Waals surface area contributed by atoms with Crippen molar-refractivity contribution in [1.82, 2.24) is 4.98 Å². The highest BCUT2D eigenvalue weighted by Gasteiger charge is 2.18. The van der Waals surface area contributed by atoms with Crippen molar-refractivity contribution in [3.63, 3.8) is 0 Å². The predicted molar refractivity (Wildman–Crippen MR) is 71.7 cm³/mol. The van der Waals surface area contributed by atoms with Crippen molar-refractivity contribution in [3.05, 3.63) is 46.0 Å². The number of aldehydes is 1. The molecule has 1 N–H and O–H groups in total. The summed E-state index contributed by atoms with van der Waals surface area (Å²) in [6.45, 7) is 1.79. The van der Waals surface area contributed by atoms with Crippen LogP contribution in [0.3, 0.4) is 0 Å². The van der Waals surface area contributed by atoms with Gasteiger partial charge in [-0.2, -0.15) is 0 Å². The molecule has 2 rings (SSSR count). The number of nitrogens with zero attached hydrogens (tertiary/aromatic N) is 1. The zero-order chi connectivity index (χ0) is 13.1. The lowest BCUT2D eigenvalue weighted by Crippen LogP contribution is -2.04. The van der Waals surface area contributed by atoms with Crippen molar-refractivity contribution in [3.8, 4) is 0 Å². The van der Waals surface area contributed by atoms with Gasteiger partial charge in [0, 0.05) is 18.2 Å². The largest absolute Gasteiger partial charge is 0.365 e. The SMILES string of the molecule is CNc1nc(C)c(C(=O)c2ccccc2C=O)s1. The highest BCUT2D eigenvalue weighted by atomic mass is 32.1. The van der Waals surface area contributed by atoms with Gasteiger partial charge in [0.15, 0.2) is 11.4 Å². The van der Waals surface area contributed by atoms with Crippen LogP contribution in [0.1, 0.15) is 31.3 Å². The third-order valence-corrected chi connectivity index (χ3v) is 3.72. The van der Waals surface area contributed by atoms with Crippen molar-refractivity contribution >= 4 is 28.5 Å². The Balaban J connectivity index is 2.47. The molecule has 1 heterocycles. The van der Waals surface area contributed by atoms with Gasteiger partial charge in [0.05, 0.1) is 10.6 Å². The fourth-order valence-electron chi connectivity index (χ4n) is 1.64. The van der Waals surface area contributed by atoms with Crippen molar-refractivity contribution in [1.29, 1.82) is 0 Å². The molecule has 0 amide bonds. The minimum absolute atomic E-state index is 0.158. The number of ketones is 1. The molecule has 0 saturated heterocycles. The quantitative estimate of drug-likeness (QED) is 0.678. The van der Waals surface area contributed by atoms with E-state index in [-0.39, 0.29) is 5.78 Å². The lowest BCUT2D eigenvalue weighted by Gasteiger charge is -2.01. The fraction of sp³-hybridized carbons (Fsp3) is 0.154. The van der Waals surface area contributed by atoms with Gasteiger partial charge in [-0.25, -0.2) is 4.98 Å². The summed E-state index contributed by atoms with van der Waals surface area (Å²) in [5, 5.41) is 3.60. The lowest BCUT2D eigenvalue weighted by molar-refractivity contribution is 0.103. The molecule has 1 aromatic carbocycles. The Hall–Kier alpha value is -2.01. The topological polar surface area (TPSA) is 59.1 Å². The minimum Gasteiger partial charge on any atom is -0.365 e. The first-order valence-electron chi connectivity index (χ1n) is 5.41. The Kier molecular flexibility index (Phi) is 3.53. The first kappa shape index (κ1) is 12.4. The van der Waals surface area contributed by atoms with E-state index in [9.17, 15) is 9.59 Å². The first-order chi connectivity index (χ1) is 8.67. The third-order valence-electron chi connectivity index (χ3n) is 2.55. The number of nitrogens with one attached hydrogen (secondary N) is 1. The molecule has 1 aromatic heterocycles. The molecule has 0 unspecified atom stereocenters. The van der Waals surface area contributed by atoms with Crippen LogP contribution in [0.2, 0.25) is 0 Å². The zero-order valence-electron chi connectivity index (χ0n) is 10.1. The van der Waals surface area contributed by atoms with Crippen molar-refractivity contribution in [2.75, 3.05) is 12.4 Å². The summed E-state index contributed by atoms with van der Waals surface area (Å²) >= 11 is 1.29. The average molecular weight is 260 g/mol. The number of anilines is 1. The molecule has 0 fully saturated rings. The number of hydrogen-bond acceptors (Lipinski definition) is 5. The number of hydrogen-bond donors (Lipinski definition) is 1. The van der Waals surface area contributed by atoms with Gasteiger partial charge in [0.2, 0.25) is 5.78 Å². The van der Waals surface area contributed by atoms with Crippen LogP contribution in [-0.4, -0.2) is 24.1 Å². The van der Waals surface area contributed by atoms with Crippen LogP contribution in [0, 0.1) is 6.92 Å². The molecule has 0 spiro atoms. The van der Waals surface area contributed by atoms with E-state index in [1.807, 2.05) is 0 Å². The summed E-state index contributed by atoms with van der Waals surface area (Å²) < 4.78 is 0. The van der Waals surface area contributed by atoms with E-state index in [4.69, 9.17) is 0 Å². The van der Waals surface area contributed by atoms with Crippen LogP contribution in [0.15, 0.2) is 24.3 Å². The number of thiazole rings is 1. The third kappa shape index (κ3) is 2.17. The van der Waals surface area contributed by atoms with Crippen LogP contribution < -0.4 is 5.32 Å². The lowest BCUT2D eigenvalue weighted by atomic mass is 10.0. The number of carbonyl (C=O) groups excluding carboxylic acids is 2. The summed E-state index contributed by atoms with van der Waals surface area (Å²) in [4.78, 5) is 28.1. The Labute approximate surface area is 109 Å². The predicted octanol–water partition coefficient (Wildman–Crippen LogP) is 2.54. The highest BCUT2D eigenvalue weighted by Crippen LogP contribution is 2.25. The summed E-state index contributed by atoms with van der Waals surface area (Å²) in [5.41, 5.74) is 1.50. The second-order valence-electron chi connectivity index (χ2n) is 3.72. The van der Waals surface area contributed by atoms with Crippen molar-refractivity contribution in [2.24, 2.45) is 0 Å². The molecular formula is C13H12N2O2S. The molecule has 92 valence electrons. The fourth-order valence-corrected chi connectivity index (χ4v) is 2.52. The maximum absolute atomic E-state index is 12.4. The highest BCUT2D eigenvalue weighted by molar-refractivity contribution is 7.17. The van der Waals surface area contributed by atoms with Gasteiger partial charge >= 0.3 is 0 Å². The van der Waals surface area contributed by atoms with Crippen LogP contribution >= 0.6 is 11.3 Å². The second kappa shape index (κ2) is 5.10. The van der Waals surface area contributed by atoms with Crippen molar-refractivity contribution in [2.45, 2.75) is 6.92 Å². The number of aryl methyl sites for hydroxylation is 1. The molecule has 0 saturated carbocycles. The first-order valence-corrected chi connectivity index (χ1v) is 6.23.